The summed E-state index contributed by atoms with van der Waals surface area (Å²) in [5, 5.41) is 0. The Morgan fingerprint density at radius 3 is 2.33 bits per heavy atom. The molecule has 1 heteroatoms. The molecule has 0 aromatic rings. The summed E-state index contributed by atoms with van der Waals surface area (Å²) in [5.74, 6) is 1.75. The maximum Gasteiger partial charge on any atom is 0.00388 e. The van der Waals surface area contributed by atoms with E-state index in [2.05, 4.69) is 13.8 Å². The van der Waals surface area contributed by atoms with Crippen LogP contribution in [0.3, 0.4) is 0 Å². The largest absolute Gasteiger partial charge is 0.328 e. The minimum Gasteiger partial charge on any atom is -0.328 e. The fraction of sp³-hybridized carbons (Fsp3) is 1.00. The summed E-state index contributed by atoms with van der Waals surface area (Å²) in [5.41, 5.74) is 5.76. The number of hydrogen-bond donors (Lipinski definition) is 1. The highest BCUT2D eigenvalue weighted by atomic mass is 14.6. The summed E-state index contributed by atoms with van der Waals surface area (Å²) in [7, 11) is 0. The van der Waals surface area contributed by atoms with Crippen molar-refractivity contribution in [1.29, 1.82) is 0 Å². The molecule has 1 aliphatic carbocycles. The molecular weight excluding hydrogens is 110 g/mol. The average Bonchev–Trinajstić information content (AvgIpc) is 2.14. The molecule has 0 aromatic carbocycles. The Bertz CT molecular complexity index is 88.6. The van der Waals surface area contributed by atoms with Gasteiger partial charge in [0.1, 0.15) is 0 Å². The van der Waals surface area contributed by atoms with Gasteiger partial charge < -0.3 is 5.73 Å². The summed E-state index contributed by atoms with van der Waals surface area (Å²) in [4.78, 5) is 0. The smallest absolute Gasteiger partial charge is 0.00388 e. The van der Waals surface area contributed by atoms with Gasteiger partial charge in [-0.1, -0.05) is 13.3 Å². The Morgan fingerprint density at radius 2 is 2.11 bits per heavy atom. The highest BCUT2D eigenvalue weighted by Gasteiger charge is 2.23. The van der Waals surface area contributed by atoms with Gasteiger partial charge in [0, 0.05) is 6.04 Å². The third-order valence-corrected chi connectivity index (χ3v) is 2.48. The molecule has 0 spiro atoms. The van der Waals surface area contributed by atoms with Gasteiger partial charge in [0.2, 0.25) is 0 Å². The molecular formula is C8H17N. The Labute approximate surface area is 57.6 Å². The number of rotatable bonds is 1. The number of hydrogen-bond acceptors (Lipinski definition) is 1. The minimum atomic E-state index is 0.426. The number of nitrogens with two attached hydrogens (primary N) is 1. The van der Waals surface area contributed by atoms with Crippen LogP contribution in [0.25, 0.3) is 0 Å². The van der Waals surface area contributed by atoms with Gasteiger partial charge in [-0.15, -0.1) is 0 Å². The van der Waals surface area contributed by atoms with Crippen LogP contribution in [0.15, 0.2) is 0 Å². The molecule has 0 aliphatic heterocycles. The second-order valence-corrected chi connectivity index (χ2v) is 3.54. The Kier molecular flexibility index (Phi) is 2.12. The lowest BCUT2D eigenvalue weighted by atomic mass is 9.99. The van der Waals surface area contributed by atoms with Gasteiger partial charge in [-0.3, -0.25) is 0 Å². The predicted octanol–water partition coefficient (Wildman–Crippen LogP) is 1.77. The normalized spacial score (nSPS) is 39.0. The molecule has 1 rings (SSSR count). The van der Waals surface area contributed by atoms with Gasteiger partial charge in [0.15, 0.2) is 0 Å². The van der Waals surface area contributed by atoms with Crippen LogP contribution in [0.5, 0.6) is 0 Å². The standard InChI is InChI=1S/C8H17N/c1-6-3-4-8(5-6)7(2)9/h6-8H,3-5,9H2,1-2H3/t6?,7-,8?/m0/s1. The van der Waals surface area contributed by atoms with Crippen LogP contribution < -0.4 is 5.73 Å². The van der Waals surface area contributed by atoms with Crippen molar-refractivity contribution < 1.29 is 0 Å². The molecule has 3 atom stereocenters. The van der Waals surface area contributed by atoms with Gasteiger partial charge in [0.25, 0.3) is 0 Å². The first-order valence-electron chi connectivity index (χ1n) is 3.95. The van der Waals surface area contributed by atoms with E-state index in [1.165, 1.54) is 19.3 Å². The fourth-order valence-corrected chi connectivity index (χ4v) is 1.73. The zero-order valence-electron chi connectivity index (χ0n) is 6.43. The van der Waals surface area contributed by atoms with Crippen molar-refractivity contribution in [2.75, 3.05) is 0 Å². The molecule has 54 valence electrons. The van der Waals surface area contributed by atoms with Gasteiger partial charge in [-0.05, 0) is 31.6 Å². The van der Waals surface area contributed by atoms with Crippen molar-refractivity contribution in [3.63, 3.8) is 0 Å². The third-order valence-electron chi connectivity index (χ3n) is 2.48. The fourth-order valence-electron chi connectivity index (χ4n) is 1.73. The van der Waals surface area contributed by atoms with E-state index in [1.54, 1.807) is 0 Å². The van der Waals surface area contributed by atoms with Crippen molar-refractivity contribution >= 4 is 0 Å². The molecule has 0 heterocycles. The molecule has 0 bridgehead atoms. The van der Waals surface area contributed by atoms with Gasteiger partial charge >= 0.3 is 0 Å². The van der Waals surface area contributed by atoms with Crippen molar-refractivity contribution in [2.45, 2.75) is 39.2 Å². The van der Waals surface area contributed by atoms with Gasteiger partial charge in [0.05, 0.1) is 0 Å². The molecule has 0 amide bonds. The average molecular weight is 127 g/mol. The van der Waals surface area contributed by atoms with Crippen LogP contribution in [0.2, 0.25) is 0 Å². The zero-order chi connectivity index (χ0) is 6.85. The monoisotopic (exact) mass is 127 g/mol. The van der Waals surface area contributed by atoms with Crippen LogP contribution in [0.4, 0.5) is 0 Å². The van der Waals surface area contributed by atoms with Gasteiger partial charge in [-0.2, -0.15) is 0 Å². The van der Waals surface area contributed by atoms with Crippen molar-refractivity contribution in [3.05, 3.63) is 0 Å². The SMILES string of the molecule is CC1CCC([C@H](C)N)C1. The van der Waals surface area contributed by atoms with E-state index in [0.29, 0.717) is 6.04 Å². The second kappa shape index (κ2) is 2.70. The molecule has 1 nitrogen and oxygen atoms in total. The molecule has 1 fully saturated rings. The first-order chi connectivity index (χ1) is 4.20. The van der Waals surface area contributed by atoms with E-state index < -0.39 is 0 Å². The molecule has 1 saturated carbocycles. The summed E-state index contributed by atoms with van der Waals surface area (Å²) < 4.78 is 0. The minimum absolute atomic E-state index is 0.426. The first-order valence-corrected chi connectivity index (χ1v) is 3.95. The molecule has 1 aliphatic rings. The molecule has 0 saturated heterocycles. The summed E-state index contributed by atoms with van der Waals surface area (Å²) in [6.45, 7) is 4.45. The van der Waals surface area contributed by atoms with Crippen LogP contribution in [0, 0.1) is 11.8 Å². The lowest BCUT2D eigenvalue weighted by Gasteiger charge is -2.12. The van der Waals surface area contributed by atoms with Crippen LogP contribution >= 0.6 is 0 Å². The second-order valence-electron chi connectivity index (χ2n) is 3.54. The predicted molar refractivity (Wildman–Crippen MR) is 40.2 cm³/mol. The van der Waals surface area contributed by atoms with E-state index in [-0.39, 0.29) is 0 Å². The lowest BCUT2D eigenvalue weighted by molar-refractivity contribution is 0.441. The molecule has 0 radical (unpaired) electrons. The van der Waals surface area contributed by atoms with E-state index in [9.17, 15) is 0 Å². The van der Waals surface area contributed by atoms with E-state index in [4.69, 9.17) is 5.73 Å². The molecule has 2 unspecified atom stereocenters. The van der Waals surface area contributed by atoms with Crippen molar-refractivity contribution in [3.8, 4) is 0 Å². The Hall–Kier alpha value is -0.0400. The van der Waals surface area contributed by atoms with Crippen molar-refractivity contribution in [2.24, 2.45) is 17.6 Å². The first kappa shape index (κ1) is 7.07. The summed E-state index contributed by atoms with van der Waals surface area (Å²) in [6.07, 6.45) is 4.11. The maximum atomic E-state index is 5.76. The molecule has 9 heavy (non-hydrogen) atoms. The zero-order valence-corrected chi connectivity index (χ0v) is 6.43. The Morgan fingerprint density at radius 1 is 1.44 bits per heavy atom. The maximum absolute atomic E-state index is 5.76. The van der Waals surface area contributed by atoms with Crippen molar-refractivity contribution in [1.82, 2.24) is 0 Å². The van der Waals surface area contributed by atoms with E-state index >= 15 is 0 Å². The third kappa shape index (κ3) is 1.68. The summed E-state index contributed by atoms with van der Waals surface area (Å²) in [6, 6.07) is 0.426. The molecule has 0 aromatic heterocycles. The molecule has 2 N–H and O–H groups in total. The van der Waals surface area contributed by atoms with Crippen LogP contribution in [-0.4, -0.2) is 6.04 Å². The highest BCUT2D eigenvalue weighted by Crippen LogP contribution is 2.31. The van der Waals surface area contributed by atoms with Crippen LogP contribution in [0.1, 0.15) is 33.1 Å². The Balaban J connectivity index is 2.30. The topological polar surface area (TPSA) is 26.0 Å². The lowest BCUT2D eigenvalue weighted by Crippen LogP contribution is -2.24. The summed E-state index contributed by atoms with van der Waals surface area (Å²) >= 11 is 0. The van der Waals surface area contributed by atoms with E-state index in [0.717, 1.165) is 11.8 Å². The van der Waals surface area contributed by atoms with E-state index in [1.807, 2.05) is 0 Å². The van der Waals surface area contributed by atoms with Gasteiger partial charge in [-0.25, -0.2) is 0 Å². The van der Waals surface area contributed by atoms with Crippen LogP contribution in [-0.2, 0) is 0 Å². The highest BCUT2D eigenvalue weighted by molar-refractivity contribution is 4.77. The quantitative estimate of drug-likeness (QED) is 0.570.